The van der Waals surface area contributed by atoms with Gasteiger partial charge in [0.15, 0.2) is 12.4 Å². The van der Waals surface area contributed by atoms with Gasteiger partial charge < -0.3 is 19.2 Å². The van der Waals surface area contributed by atoms with Crippen molar-refractivity contribution in [1.29, 1.82) is 0 Å². The van der Waals surface area contributed by atoms with Gasteiger partial charge in [-0.25, -0.2) is 0 Å². The third kappa shape index (κ3) is 4.86. The zero-order valence-electron chi connectivity index (χ0n) is 17.4. The lowest BCUT2D eigenvalue weighted by Gasteiger charge is -2.40. The number of carbonyl (C=O) groups excluding carboxylic acids is 2. The Bertz CT molecular complexity index is 883. The molecule has 1 saturated carbocycles. The molecule has 4 rings (SSSR count). The summed E-state index contributed by atoms with van der Waals surface area (Å²) < 4.78 is 17.3. The van der Waals surface area contributed by atoms with E-state index in [9.17, 15) is 9.59 Å². The van der Waals surface area contributed by atoms with Gasteiger partial charge >= 0.3 is 0 Å². The van der Waals surface area contributed by atoms with Crippen LogP contribution in [0.2, 0.25) is 0 Å². The zero-order valence-corrected chi connectivity index (χ0v) is 17.4. The number of aryl methyl sites for hydroxylation is 1. The van der Waals surface area contributed by atoms with E-state index in [1.165, 1.54) is 6.42 Å². The first-order chi connectivity index (χ1) is 14.5. The summed E-state index contributed by atoms with van der Waals surface area (Å²) in [6, 6.07) is 9.02. The molecule has 0 saturated heterocycles. The molecule has 1 aromatic heterocycles. The summed E-state index contributed by atoms with van der Waals surface area (Å²) in [6.45, 7) is 1.88. The zero-order chi connectivity index (χ0) is 21.0. The molecule has 6 nitrogen and oxygen atoms in total. The summed E-state index contributed by atoms with van der Waals surface area (Å²) in [7, 11) is 0. The van der Waals surface area contributed by atoms with Crippen LogP contribution in [0.15, 0.2) is 41.0 Å². The normalized spacial score (nSPS) is 18.4. The van der Waals surface area contributed by atoms with E-state index in [0.29, 0.717) is 23.5 Å². The topological polar surface area (TPSA) is 77.8 Å². The Morgan fingerprint density at radius 1 is 1.23 bits per heavy atom. The highest BCUT2D eigenvalue weighted by atomic mass is 16.5. The van der Waals surface area contributed by atoms with Gasteiger partial charge in [0.25, 0.3) is 5.91 Å². The average molecular weight is 411 g/mol. The molecule has 1 aliphatic carbocycles. The standard InChI is InChI=1S/C24H29NO5/c1-17(7-8-18-6-5-13-28-18)25-23(27)16-29-19-9-10-20-21(26)15-24(30-22(20)14-19)11-3-2-4-12-24/h5-6,9-10,13-14,17H,2-4,7-8,11-12,15-16H2,1H3,(H,25,27)/t17-/m1/s1. The van der Waals surface area contributed by atoms with Crippen molar-refractivity contribution < 1.29 is 23.5 Å². The van der Waals surface area contributed by atoms with Crippen LogP contribution in [0.1, 0.15) is 68.0 Å². The minimum atomic E-state index is -0.359. The molecule has 2 aromatic rings. The highest BCUT2D eigenvalue weighted by Crippen LogP contribution is 2.42. The number of Topliss-reactive ketones (excluding diaryl/α,β-unsaturated/α-hetero) is 1. The summed E-state index contributed by atoms with van der Waals surface area (Å²) in [4.78, 5) is 24.8. The lowest BCUT2D eigenvalue weighted by atomic mass is 9.78. The van der Waals surface area contributed by atoms with Crippen molar-refractivity contribution in [3.8, 4) is 11.5 Å². The maximum atomic E-state index is 12.6. The van der Waals surface area contributed by atoms with E-state index in [1.807, 2.05) is 19.1 Å². The molecule has 1 aromatic carbocycles. The molecular weight excluding hydrogens is 382 g/mol. The van der Waals surface area contributed by atoms with Crippen LogP contribution in [0.5, 0.6) is 11.5 Å². The Hall–Kier alpha value is -2.76. The number of nitrogens with one attached hydrogen (secondary N) is 1. The molecule has 1 fully saturated rings. The first kappa shape index (κ1) is 20.5. The second-order valence-corrected chi connectivity index (χ2v) is 8.48. The van der Waals surface area contributed by atoms with E-state index in [2.05, 4.69) is 5.32 Å². The van der Waals surface area contributed by atoms with Crippen molar-refractivity contribution in [3.63, 3.8) is 0 Å². The maximum absolute atomic E-state index is 12.6. The van der Waals surface area contributed by atoms with Gasteiger partial charge in [-0.15, -0.1) is 0 Å². The predicted molar refractivity (Wildman–Crippen MR) is 112 cm³/mol. The molecule has 2 heterocycles. The highest BCUT2D eigenvalue weighted by Gasteiger charge is 2.41. The SMILES string of the molecule is C[C@H](CCc1ccco1)NC(=O)COc1ccc2c(c1)OC1(CCCCC1)CC2=O. The molecule has 1 atom stereocenters. The molecule has 1 amide bonds. The Morgan fingerprint density at radius 2 is 2.07 bits per heavy atom. The van der Waals surface area contributed by atoms with Crippen molar-refractivity contribution in [2.45, 2.75) is 69.9 Å². The van der Waals surface area contributed by atoms with E-state index < -0.39 is 0 Å². The Morgan fingerprint density at radius 3 is 2.83 bits per heavy atom. The largest absolute Gasteiger partial charge is 0.486 e. The number of rotatable bonds is 7. The first-order valence-corrected chi connectivity index (χ1v) is 10.8. The number of hydrogen-bond donors (Lipinski definition) is 1. The van der Waals surface area contributed by atoms with Crippen LogP contribution in [-0.4, -0.2) is 29.9 Å². The quantitative estimate of drug-likeness (QED) is 0.728. The molecular formula is C24H29NO5. The van der Waals surface area contributed by atoms with Crippen LogP contribution in [0.4, 0.5) is 0 Å². The summed E-state index contributed by atoms with van der Waals surface area (Å²) >= 11 is 0. The molecule has 0 radical (unpaired) electrons. The summed E-state index contributed by atoms with van der Waals surface area (Å²) in [5.41, 5.74) is 0.247. The smallest absolute Gasteiger partial charge is 0.258 e. The average Bonchev–Trinajstić information content (AvgIpc) is 3.25. The third-order valence-corrected chi connectivity index (χ3v) is 6.01. The molecule has 2 aliphatic rings. The van der Waals surface area contributed by atoms with E-state index in [4.69, 9.17) is 13.9 Å². The number of benzene rings is 1. The molecule has 0 unspecified atom stereocenters. The van der Waals surface area contributed by atoms with Gasteiger partial charge in [-0.3, -0.25) is 9.59 Å². The monoisotopic (exact) mass is 411 g/mol. The fourth-order valence-electron chi connectivity index (χ4n) is 4.39. The Balaban J connectivity index is 1.30. The molecule has 6 heteroatoms. The van der Waals surface area contributed by atoms with Crippen molar-refractivity contribution in [2.24, 2.45) is 0 Å². The lowest BCUT2D eigenvalue weighted by Crippen LogP contribution is -2.43. The number of furan rings is 1. The van der Waals surface area contributed by atoms with Crippen LogP contribution in [0.3, 0.4) is 0 Å². The van der Waals surface area contributed by atoms with Gasteiger partial charge in [-0.1, -0.05) is 6.42 Å². The summed E-state index contributed by atoms with van der Waals surface area (Å²) in [6.07, 6.45) is 8.89. The van der Waals surface area contributed by atoms with Gasteiger partial charge in [-0.2, -0.15) is 0 Å². The molecule has 1 aliphatic heterocycles. The fraction of sp³-hybridized carbons (Fsp3) is 0.500. The Kier molecular flexibility index (Phi) is 6.11. The number of amides is 1. The lowest BCUT2D eigenvalue weighted by molar-refractivity contribution is -0.123. The van der Waals surface area contributed by atoms with Crippen molar-refractivity contribution >= 4 is 11.7 Å². The fourth-order valence-corrected chi connectivity index (χ4v) is 4.39. The second kappa shape index (κ2) is 8.94. The molecule has 30 heavy (non-hydrogen) atoms. The first-order valence-electron chi connectivity index (χ1n) is 10.8. The highest BCUT2D eigenvalue weighted by molar-refractivity contribution is 6.00. The molecule has 1 spiro atoms. The minimum Gasteiger partial charge on any atom is -0.486 e. The molecule has 0 bridgehead atoms. The van der Waals surface area contributed by atoms with Gasteiger partial charge in [0.05, 0.1) is 18.2 Å². The summed E-state index contributed by atoms with van der Waals surface area (Å²) in [5.74, 6) is 1.98. The van der Waals surface area contributed by atoms with Gasteiger partial charge in [0.1, 0.15) is 22.9 Å². The van der Waals surface area contributed by atoms with Crippen molar-refractivity contribution in [3.05, 3.63) is 47.9 Å². The number of hydrogen-bond acceptors (Lipinski definition) is 5. The van der Waals surface area contributed by atoms with Crippen LogP contribution in [0, 0.1) is 0 Å². The Labute approximate surface area is 176 Å². The number of carbonyl (C=O) groups is 2. The van der Waals surface area contributed by atoms with Crippen LogP contribution < -0.4 is 14.8 Å². The van der Waals surface area contributed by atoms with E-state index >= 15 is 0 Å². The van der Waals surface area contributed by atoms with E-state index in [0.717, 1.165) is 44.3 Å². The van der Waals surface area contributed by atoms with Crippen molar-refractivity contribution in [1.82, 2.24) is 5.32 Å². The van der Waals surface area contributed by atoms with Crippen molar-refractivity contribution in [2.75, 3.05) is 6.61 Å². The van der Waals surface area contributed by atoms with E-state index in [-0.39, 0.29) is 29.9 Å². The maximum Gasteiger partial charge on any atom is 0.258 e. The number of ketones is 1. The minimum absolute atomic E-state index is 0.0156. The molecule has 1 N–H and O–H groups in total. The van der Waals surface area contributed by atoms with Gasteiger partial charge in [0.2, 0.25) is 0 Å². The van der Waals surface area contributed by atoms with Gasteiger partial charge in [0, 0.05) is 18.5 Å². The van der Waals surface area contributed by atoms with Gasteiger partial charge in [-0.05, 0) is 63.3 Å². The number of fused-ring (bicyclic) bond motifs is 1. The molecule has 160 valence electrons. The third-order valence-electron chi connectivity index (χ3n) is 6.01. The van der Waals surface area contributed by atoms with Crippen LogP contribution in [-0.2, 0) is 11.2 Å². The predicted octanol–water partition coefficient (Wildman–Crippen LogP) is 4.46. The van der Waals surface area contributed by atoms with E-state index in [1.54, 1.807) is 24.5 Å². The van der Waals surface area contributed by atoms with Crippen LogP contribution in [0.25, 0.3) is 0 Å². The second-order valence-electron chi connectivity index (χ2n) is 8.48. The number of ether oxygens (including phenoxy) is 2. The van der Waals surface area contributed by atoms with Crippen LogP contribution >= 0.6 is 0 Å². The summed E-state index contributed by atoms with van der Waals surface area (Å²) in [5, 5.41) is 2.94.